The van der Waals surface area contributed by atoms with Crippen molar-refractivity contribution in [3.8, 4) is 0 Å². The summed E-state index contributed by atoms with van der Waals surface area (Å²) in [4.78, 5) is 21.8. The van der Waals surface area contributed by atoms with Crippen LogP contribution in [0.2, 0.25) is 0 Å². The summed E-state index contributed by atoms with van der Waals surface area (Å²) >= 11 is 3.24. The smallest absolute Gasteiger partial charge is 0.239 e. The molecular formula is C20H25BrFN3O. The van der Waals surface area contributed by atoms with Gasteiger partial charge in [0.25, 0.3) is 0 Å². The summed E-state index contributed by atoms with van der Waals surface area (Å²) in [7, 11) is 0. The van der Waals surface area contributed by atoms with Gasteiger partial charge in [0, 0.05) is 18.1 Å². The number of hydrogen-bond acceptors (Lipinski definition) is 3. The maximum atomic E-state index is 14.0. The summed E-state index contributed by atoms with van der Waals surface area (Å²) in [5.41, 5.74) is 0.766. The van der Waals surface area contributed by atoms with Crippen molar-refractivity contribution in [1.82, 2.24) is 9.88 Å². The molecule has 1 saturated heterocycles. The molecule has 2 unspecified atom stereocenters. The van der Waals surface area contributed by atoms with Crippen LogP contribution in [0, 0.1) is 17.8 Å². The van der Waals surface area contributed by atoms with E-state index in [4.69, 9.17) is 0 Å². The predicted octanol–water partition coefficient (Wildman–Crippen LogP) is 3.87. The molecule has 1 aromatic heterocycles. The third-order valence-electron chi connectivity index (χ3n) is 7.29. The van der Waals surface area contributed by atoms with Crippen molar-refractivity contribution in [2.24, 2.45) is 11.8 Å². The second kappa shape index (κ2) is 5.28. The Kier molecular flexibility index (Phi) is 3.48. The van der Waals surface area contributed by atoms with Crippen LogP contribution in [0.5, 0.6) is 0 Å². The molecule has 0 N–H and O–H groups in total. The Morgan fingerprint density at radius 2 is 2.00 bits per heavy atom. The van der Waals surface area contributed by atoms with Gasteiger partial charge in [-0.1, -0.05) is 0 Å². The van der Waals surface area contributed by atoms with E-state index in [0.717, 1.165) is 30.4 Å². The zero-order chi connectivity index (χ0) is 18.4. The van der Waals surface area contributed by atoms with Gasteiger partial charge in [0.1, 0.15) is 0 Å². The first-order valence-corrected chi connectivity index (χ1v) is 10.5. The summed E-state index contributed by atoms with van der Waals surface area (Å²) in [6.07, 6.45) is 4.72. The number of pyridine rings is 1. The van der Waals surface area contributed by atoms with Gasteiger partial charge in [0.05, 0.1) is 21.3 Å². The average Bonchev–Trinajstić information content (AvgIpc) is 3.30. The summed E-state index contributed by atoms with van der Waals surface area (Å²) < 4.78 is 14.3. The number of aromatic nitrogens is 1. The number of halogens is 2. The van der Waals surface area contributed by atoms with Crippen LogP contribution < -0.4 is 4.90 Å². The molecule has 3 heterocycles. The first-order valence-electron chi connectivity index (χ1n) is 9.66. The molecule has 1 amide bonds. The zero-order valence-electron chi connectivity index (χ0n) is 15.6. The molecule has 6 heteroatoms. The van der Waals surface area contributed by atoms with Crippen molar-refractivity contribution in [2.45, 2.75) is 63.5 Å². The highest BCUT2D eigenvalue weighted by Crippen LogP contribution is 2.52. The van der Waals surface area contributed by atoms with E-state index in [1.54, 1.807) is 6.07 Å². The number of likely N-dealkylation sites (tertiary alicyclic amines) is 1. The molecule has 2 saturated carbocycles. The number of piperidine rings is 1. The summed E-state index contributed by atoms with van der Waals surface area (Å²) in [6.45, 7) is 8.47. The molecule has 4 aliphatic rings. The minimum absolute atomic E-state index is 0.0467. The van der Waals surface area contributed by atoms with E-state index < -0.39 is 11.4 Å². The van der Waals surface area contributed by atoms with E-state index in [9.17, 15) is 9.18 Å². The Balaban J connectivity index is 1.40. The lowest BCUT2D eigenvalue weighted by atomic mass is 9.71. The minimum Gasteiger partial charge on any atom is -0.307 e. The number of nitrogens with zero attached hydrogens (tertiary/aromatic N) is 3. The van der Waals surface area contributed by atoms with Gasteiger partial charge < -0.3 is 4.90 Å². The molecule has 5 rings (SSSR count). The molecule has 3 fully saturated rings. The highest BCUT2D eigenvalue weighted by atomic mass is 79.9. The Hall–Kier alpha value is -1.01. The van der Waals surface area contributed by atoms with E-state index in [2.05, 4.69) is 32.7 Å². The fourth-order valence-corrected chi connectivity index (χ4v) is 5.75. The Bertz CT molecular complexity index is 804. The molecule has 2 atom stereocenters. The van der Waals surface area contributed by atoms with Crippen molar-refractivity contribution in [3.63, 3.8) is 0 Å². The molecule has 0 aromatic carbocycles. The van der Waals surface area contributed by atoms with Crippen molar-refractivity contribution in [3.05, 3.63) is 22.2 Å². The highest BCUT2D eigenvalue weighted by Gasteiger charge is 2.56. The van der Waals surface area contributed by atoms with Gasteiger partial charge in [-0.05, 0) is 86.8 Å². The minimum atomic E-state index is -0.769. The lowest BCUT2D eigenvalue weighted by Gasteiger charge is -2.55. The third kappa shape index (κ3) is 2.27. The van der Waals surface area contributed by atoms with Gasteiger partial charge in [-0.25, -0.2) is 4.98 Å². The normalized spacial score (nSPS) is 38.0. The van der Waals surface area contributed by atoms with Crippen LogP contribution in [-0.4, -0.2) is 40.5 Å². The van der Waals surface area contributed by atoms with Crippen LogP contribution in [0.3, 0.4) is 0 Å². The maximum absolute atomic E-state index is 14.0. The Morgan fingerprint density at radius 1 is 1.27 bits per heavy atom. The molecule has 0 radical (unpaired) electrons. The number of fused-ring (bicyclic) bond motifs is 2. The first kappa shape index (κ1) is 17.1. The number of amides is 1. The van der Waals surface area contributed by atoms with Gasteiger partial charge in [-0.15, -0.1) is 0 Å². The highest BCUT2D eigenvalue weighted by molar-refractivity contribution is 9.10. The van der Waals surface area contributed by atoms with Crippen LogP contribution in [0.15, 0.2) is 10.5 Å². The molecule has 2 aliphatic carbocycles. The molecule has 140 valence electrons. The van der Waals surface area contributed by atoms with Gasteiger partial charge >= 0.3 is 0 Å². The zero-order valence-corrected chi connectivity index (χ0v) is 17.1. The Morgan fingerprint density at radius 3 is 2.69 bits per heavy atom. The Labute approximate surface area is 162 Å². The number of carbonyl (C=O) groups excluding carboxylic acids is 1. The molecule has 2 aliphatic heterocycles. The van der Waals surface area contributed by atoms with Crippen molar-refractivity contribution >= 4 is 27.5 Å². The van der Waals surface area contributed by atoms with Gasteiger partial charge in [-0.2, -0.15) is 4.39 Å². The standard InChI is InChI=1S/C20H25BrFN3O/c1-19(2)16-15(7-14(21)17(22)23-16)25(18(19)26)13-8-20(3,9-13)24-5-4-11-6-12(11)10-24/h7,11-13H,4-6,8-10H2,1-3H3/t11?,12?,13-,20+. The summed E-state index contributed by atoms with van der Waals surface area (Å²) in [5.74, 6) is 1.40. The topological polar surface area (TPSA) is 36.4 Å². The van der Waals surface area contributed by atoms with E-state index in [0.29, 0.717) is 10.2 Å². The molecule has 0 bridgehead atoms. The quantitative estimate of drug-likeness (QED) is 0.679. The lowest BCUT2D eigenvalue weighted by Crippen LogP contribution is -2.64. The van der Waals surface area contributed by atoms with E-state index >= 15 is 0 Å². The fourth-order valence-electron chi connectivity index (χ4n) is 5.44. The molecular weight excluding hydrogens is 397 g/mol. The number of hydrogen-bond donors (Lipinski definition) is 0. The van der Waals surface area contributed by atoms with E-state index in [-0.39, 0.29) is 17.5 Å². The van der Waals surface area contributed by atoms with Crippen LogP contribution in [0.4, 0.5) is 10.1 Å². The summed E-state index contributed by atoms with van der Waals surface area (Å²) in [6, 6.07) is 1.92. The maximum Gasteiger partial charge on any atom is 0.239 e. The van der Waals surface area contributed by atoms with Crippen molar-refractivity contribution in [1.29, 1.82) is 0 Å². The van der Waals surface area contributed by atoms with Gasteiger partial charge in [0.2, 0.25) is 11.9 Å². The fraction of sp³-hybridized carbons (Fsp3) is 0.700. The largest absolute Gasteiger partial charge is 0.307 e. The predicted molar refractivity (Wildman–Crippen MR) is 102 cm³/mol. The third-order valence-corrected chi connectivity index (χ3v) is 7.85. The molecule has 0 spiro atoms. The number of rotatable bonds is 2. The molecule has 1 aromatic rings. The van der Waals surface area contributed by atoms with Crippen LogP contribution in [-0.2, 0) is 10.2 Å². The van der Waals surface area contributed by atoms with Crippen molar-refractivity contribution in [2.75, 3.05) is 18.0 Å². The van der Waals surface area contributed by atoms with E-state index in [1.807, 2.05) is 18.7 Å². The van der Waals surface area contributed by atoms with Crippen LogP contribution >= 0.6 is 15.9 Å². The lowest BCUT2D eigenvalue weighted by molar-refractivity contribution is -0.123. The molecule has 26 heavy (non-hydrogen) atoms. The van der Waals surface area contributed by atoms with E-state index in [1.165, 1.54) is 25.9 Å². The first-order chi connectivity index (χ1) is 12.2. The second-order valence-electron chi connectivity index (χ2n) is 9.48. The average molecular weight is 422 g/mol. The van der Waals surface area contributed by atoms with Crippen LogP contribution in [0.1, 0.15) is 52.1 Å². The van der Waals surface area contributed by atoms with Crippen LogP contribution in [0.25, 0.3) is 0 Å². The van der Waals surface area contributed by atoms with Crippen molar-refractivity contribution < 1.29 is 9.18 Å². The molecule has 4 nitrogen and oxygen atoms in total. The second-order valence-corrected chi connectivity index (χ2v) is 10.3. The van der Waals surface area contributed by atoms with Gasteiger partial charge in [-0.3, -0.25) is 9.69 Å². The number of anilines is 1. The SMILES string of the molecule is CC1(C)C(=O)N([C@H]2C[C@@](C)(N3CCC4CC4C3)C2)c2cc(Br)c(F)nc21. The summed E-state index contributed by atoms with van der Waals surface area (Å²) in [5, 5.41) is 0. The monoisotopic (exact) mass is 421 g/mol. The van der Waals surface area contributed by atoms with Gasteiger partial charge in [0.15, 0.2) is 0 Å². The number of carbonyl (C=O) groups is 1.